The van der Waals surface area contributed by atoms with E-state index in [0.717, 1.165) is 11.6 Å². The van der Waals surface area contributed by atoms with E-state index in [4.69, 9.17) is 0 Å². The molecule has 0 N–H and O–H groups in total. The van der Waals surface area contributed by atoms with Crippen LogP contribution in [0.4, 0.5) is 13.2 Å². The summed E-state index contributed by atoms with van der Waals surface area (Å²) in [5.41, 5.74) is 0.236. The molecule has 1 fully saturated rings. The Labute approximate surface area is 160 Å². The average molecular weight is 442 g/mol. The number of aromatic nitrogens is 4. The van der Waals surface area contributed by atoms with Crippen molar-refractivity contribution in [2.45, 2.75) is 25.1 Å². The standard InChI is InChI=1S/C17H15BrF3N5O/c18-14-12-3-1-2-7-26(12)23-15(14)16(27)24-8-4-11(5-9-24)25-10-6-13(22-25)17(19,20)21/h1-3,6-7,10-11H,4-5,8-9H2. The Balaban J connectivity index is 1.46. The summed E-state index contributed by atoms with van der Waals surface area (Å²) in [7, 11) is 0. The van der Waals surface area contributed by atoms with Crippen molar-refractivity contribution < 1.29 is 18.0 Å². The summed E-state index contributed by atoms with van der Waals surface area (Å²) in [6.07, 6.45) is -0.258. The van der Waals surface area contributed by atoms with Gasteiger partial charge in [-0.3, -0.25) is 9.48 Å². The first-order chi connectivity index (χ1) is 12.8. The number of nitrogens with zero attached hydrogens (tertiary/aromatic N) is 5. The molecule has 10 heteroatoms. The van der Waals surface area contributed by atoms with Crippen molar-refractivity contribution in [3.05, 3.63) is 52.5 Å². The molecule has 4 heterocycles. The Morgan fingerprint density at radius 3 is 2.48 bits per heavy atom. The molecular formula is C17H15BrF3N5O. The fourth-order valence-electron chi connectivity index (χ4n) is 3.28. The van der Waals surface area contributed by atoms with Gasteiger partial charge in [0, 0.05) is 25.5 Å². The molecule has 0 spiro atoms. The second-order valence-corrected chi connectivity index (χ2v) is 7.19. The largest absolute Gasteiger partial charge is 0.435 e. The number of pyridine rings is 1. The van der Waals surface area contributed by atoms with Crippen LogP contribution in [0.15, 0.2) is 41.1 Å². The Morgan fingerprint density at radius 1 is 1.11 bits per heavy atom. The summed E-state index contributed by atoms with van der Waals surface area (Å²) in [5, 5.41) is 7.97. The summed E-state index contributed by atoms with van der Waals surface area (Å²) >= 11 is 3.44. The Morgan fingerprint density at radius 2 is 1.85 bits per heavy atom. The van der Waals surface area contributed by atoms with E-state index in [0.29, 0.717) is 36.1 Å². The number of alkyl halides is 3. The molecule has 0 aromatic carbocycles. The van der Waals surface area contributed by atoms with E-state index < -0.39 is 11.9 Å². The Kier molecular flexibility index (Phi) is 4.45. The minimum Gasteiger partial charge on any atom is -0.337 e. The number of amides is 1. The quantitative estimate of drug-likeness (QED) is 0.607. The normalized spacial score (nSPS) is 16.2. The number of hydrogen-bond donors (Lipinski definition) is 0. The van der Waals surface area contributed by atoms with E-state index in [9.17, 15) is 18.0 Å². The van der Waals surface area contributed by atoms with Crippen LogP contribution in [0.2, 0.25) is 0 Å². The second-order valence-electron chi connectivity index (χ2n) is 6.40. The van der Waals surface area contributed by atoms with Gasteiger partial charge in [-0.2, -0.15) is 23.4 Å². The number of carbonyl (C=O) groups is 1. The third kappa shape index (κ3) is 3.33. The fraction of sp³-hybridized carbons (Fsp3) is 0.353. The van der Waals surface area contributed by atoms with Gasteiger partial charge in [0.05, 0.1) is 16.0 Å². The molecule has 1 aliphatic heterocycles. The van der Waals surface area contributed by atoms with E-state index >= 15 is 0 Å². The molecule has 0 saturated carbocycles. The lowest BCUT2D eigenvalue weighted by Gasteiger charge is -2.31. The number of piperidine rings is 1. The first kappa shape index (κ1) is 18.0. The molecule has 3 aromatic rings. The Hall–Kier alpha value is -2.36. The van der Waals surface area contributed by atoms with Crippen LogP contribution in [0.3, 0.4) is 0 Å². The smallest absolute Gasteiger partial charge is 0.337 e. The lowest BCUT2D eigenvalue weighted by molar-refractivity contribution is -0.141. The van der Waals surface area contributed by atoms with E-state index in [2.05, 4.69) is 26.1 Å². The first-order valence-corrected chi connectivity index (χ1v) is 9.18. The van der Waals surface area contributed by atoms with Gasteiger partial charge in [0.15, 0.2) is 11.4 Å². The number of carbonyl (C=O) groups excluding carboxylic acids is 1. The number of hydrogen-bond acceptors (Lipinski definition) is 3. The van der Waals surface area contributed by atoms with Crippen LogP contribution in [0.25, 0.3) is 5.52 Å². The molecule has 6 nitrogen and oxygen atoms in total. The van der Waals surface area contributed by atoms with Crippen LogP contribution in [-0.2, 0) is 6.18 Å². The molecule has 4 rings (SSSR count). The van der Waals surface area contributed by atoms with E-state index in [1.54, 1.807) is 15.6 Å². The lowest BCUT2D eigenvalue weighted by Crippen LogP contribution is -2.39. The topological polar surface area (TPSA) is 55.4 Å². The predicted molar refractivity (Wildman–Crippen MR) is 94.3 cm³/mol. The fourth-order valence-corrected chi connectivity index (χ4v) is 3.84. The summed E-state index contributed by atoms with van der Waals surface area (Å²) in [5.74, 6) is -0.194. The number of likely N-dealkylation sites (tertiary alicyclic amines) is 1. The minimum atomic E-state index is -4.45. The molecule has 1 aliphatic rings. The molecule has 3 aromatic heterocycles. The maximum atomic E-state index is 12.8. The minimum absolute atomic E-state index is 0.158. The summed E-state index contributed by atoms with van der Waals surface area (Å²) in [6, 6.07) is 6.36. The van der Waals surface area contributed by atoms with Gasteiger partial charge in [-0.25, -0.2) is 4.52 Å². The number of fused-ring (bicyclic) bond motifs is 1. The highest BCUT2D eigenvalue weighted by molar-refractivity contribution is 9.10. The summed E-state index contributed by atoms with van der Waals surface area (Å²) in [4.78, 5) is 14.5. The molecule has 0 radical (unpaired) electrons. The van der Waals surface area contributed by atoms with Crippen LogP contribution in [0.5, 0.6) is 0 Å². The molecule has 142 valence electrons. The lowest BCUT2D eigenvalue weighted by atomic mass is 10.0. The zero-order valence-electron chi connectivity index (χ0n) is 14.0. The average Bonchev–Trinajstić information content (AvgIpc) is 3.27. The number of halogens is 4. The maximum absolute atomic E-state index is 12.8. The molecule has 1 saturated heterocycles. The van der Waals surface area contributed by atoms with Crippen LogP contribution in [-0.4, -0.2) is 43.3 Å². The van der Waals surface area contributed by atoms with Crippen molar-refractivity contribution in [3.8, 4) is 0 Å². The van der Waals surface area contributed by atoms with Gasteiger partial charge < -0.3 is 4.90 Å². The molecular weight excluding hydrogens is 427 g/mol. The van der Waals surface area contributed by atoms with Gasteiger partial charge in [-0.05, 0) is 47.0 Å². The molecule has 27 heavy (non-hydrogen) atoms. The van der Waals surface area contributed by atoms with Crippen LogP contribution in [0, 0.1) is 0 Å². The van der Waals surface area contributed by atoms with Gasteiger partial charge in [0.1, 0.15) is 0 Å². The van der Waals surface area contributed by atoms with Gasteiger partial charge in [-0.15, -0.1) is 0 Å². The Bertz CT molecular complexity index is 988. The highest BCUT2D eigenvalue weighted by Crippen LogP contribution is 2.30. The van der Waals surface area contributed by atoms with Crippen LogP contribution in [0.1, 0.15) is 35.1 Å². The second kappa shape index (κ2) is 6.66. The van der Waals surface area contributed by atoms with Gasteiger partial charge in [-0.1, -0.05) is 6.07 Å². The summed E-state index contributed by atoms with van der Waals surface area (Å²) in [6.45, 7) is 0.871. The number of rotatable bonds is 2. The molecule has 0 aliphatic carbocycles. The third-order valence-electron chi connectivity index (χ3n) is 4.71. The maximum Gasteiger partial charge on any atom is 0.435 e. The zero-order chi connectivity index (χ0) is 19.2. The van der Waals surface area contributed by atoms with Crippen molar-refractivity contribution in [1.29, 1.82) is 0 Å². The highest BCUT2D eigenvalue weighted by atomic mass is 79.9. The van der Waals surface area contributed by atoms with Crippen LogP contribution >= 0.6 is 15.9 Å². The molecule has 0 atom stereocenters. The highest BCUT2D eigenvalue weighted by Gasteiger charge is 2.35. The van der Waals surface area contributed by atoms with Crippen molar-refractivity contribution >= 4 is 27.4 Å². The van der Waals surface area contributed by atoms with E-state index in [-0.39, 0.29) is 11.9 Å². The molecule has 0 unspecified atom stereocenters. The summed E-state index contributed by atoms with van der Waals surface area (Å²) < 4.78 is 41.7. The van der Waals surface area contributed by atoms with Gasteiger partial charge >= 0.3 is 6.18 Å². The van der Waals surface area contributed by atoms with E-state index in [1.165, 1.54) is 10.9 Å². The SMILES string of the molecule is O=C(c1nn2ccccc2c1Br)N1CCC(n2ccc(C(F)(F)F)n2)CC1. The van der Waals surface area contributed by atoms with E-state index in [1.807, 2.05) is 18.2 Å². The van der Waals surface area contributed by atoms with Crippen molar-refractivity contribution in [1.82, 2.24) is 24.3 Å². The first-order valence-electron chi connectivity index (χ1n) is 8.39. The van der Waals surface area contributed by atoms with Gasteiger partial charge in [0.25, 0.3) is 5.91 Å². The van der Waals surface area contributed by atoms with Crippen molar-refractivity contribution in [2.24, 2.45) is 0 Å². The van der Waals surface area contributed by atoms with Crippen LogP contribution < -0.4 is 0 Å². The molecule has 0 bridgehead atoms. The van der Waals surface area contributed by atoms with Crippen molar-refractivity contribution in [2.75, 3.05) is 13.1 Å². The van der Waals surface area contributed by atoms with Crippen molar-refractivity contribution in [3.63, 3.8) is 0 Å². The predicted octanol–water partition coefficient (Wildman–Crippen LogP) is 3.79. The third-order valence-corrected chi connectivity index (χ3v) is 5.49. The zero-order valence-corrected chi connectivity index (χ0v) is 15.6. The molecule has 1 amide bonds. The van der Waals surface area contributed by atoms with Gasteiger partial charge in [0.2, 0.25) is 0 Å². The monoisotopic (exact) mass is 441 g/mol.